The van der Waals surface area contributed by atoms with Gasteiger partial charge in [-0.25, -0.2) is 4.98 Å². The van der Waals surface area contributed by atoms with E-state index in [-0.39, 0.29) is 0 Å². The van der Waals surface area contributed by atoms with Gasteiger partial charge < -0.3 is 10.3 Å². The van der Waals surface area contributed by atoms with Crippen molar-refractivity contribution in [1.29, 1.82) is 0 Å². The molecule has 3 nitrogen and oxygen atoms in total. The van der Waals surface area contributed by atoms with Crippen LogP contribution in [-0.4, -0.2) is 9.55 Å². The Labute approximate surface area is 95.3 Å². The normalized spacial score (nSPS) is 23.9. The predicted molar refractivity (Wildman–Crippen MR) is 66.2 cm³/mol. The van der Waals surface area contributed by atoms with Gasteiger partial charge in [-0.1, -0.05) is 13.0 Å². The minimum Gasteiger partial charge on any atom is -0.369 e. The molecule has 1 aliphatic rings. The second-order valence-electron chi connectivity index (χ2n) is 5.05. The predicted octanol–water partition coefficient (Wildman–Crippen LogP) is 2.58. The van der Waals surface area contributed by atoms with E-state index in [9.17, 15) is 0 Å². The van der Waals surface area contributed by atoms with E-state index >= 15 is 0 Å². The summed E-state index contributed by atoms with van der Waals surface area (Å²) >= 11 is 0. The Balaban J connectivity index is 2.05. The zero-order chi connectivity index (χ0) is 11.3. The van der Waals surface area contributed by atoms with Crippen molar-refractivity contribution in [2.45, 2.75) is 26.8 Å². The highest BCUT2D eigenvalue weighted by molar-refractivity contribution is 5.79. The summed E-state index contributed by atoms with van der Waals surface area (Å²) in [4.78, 5) is 4.42. The molecule has 1 fully saturated rings. The van der Waals surface area contributed by atoms with E-state index in [0.717, 1.165) is 23.9 Å². The standard InChI is InChI=1S/C13H17N3/c1-8-3-4-12-11(5-8)15-13(14)16(12)7-10-6-9(10)2/h3-5,9-10H,6-7H2,1-2H3,(H2,14,15). The number of hydrogen-bond acceptors (Lipinski definition) is 2. The van der Waals surface area contributed by atoms with Crippen LogP contribution in [0.4, 0.5) is 5.95 Å². The largest absolute Gasteiger partial charge is 0.369 e. The summed E-state index contributed by atoms with van der Waals surface area (Å²) in [6.45, 7) is 5.40. The van der Waals surface area contributed by atoms with E-state index in [4.69, 9.17) is 5.73 Å². The molecule has 1 aromatic heterocycles. The second kappa shape index (κ2) is 3.24. The van der Waals surface area contributed by atoms with Crippen molar-refractivity contribution in [1.82, 2.24) is 9.55 Å². The summed E-state index contributed by atoms with van der Waals surface area (Å²) in [5.41, 5.74) is 9.40. The van der Waals surface area contributed by atoms with Crippen LogP contribution in [0.5, 0.6) is 0 Å². The molecule has 3 heteroatoms. The Morgan fingerprint density at radius 1 is 1.50 bits per heavy atom. The number of aryl methyl sites for hydroxylation is 1. The van der Waals surface area contributed by atoms with Crippen molar-refractivity contribution < 1.29 is 0 Å². The lowest BCUT2D eigenvalue weighted by Gasteiger charge is -2.05. The van der Waals surface area contributed by atoms with Crippen LogP contribution in [0.15, 0.2) is 18.2 Å². The number of nitrogens with two attached hydrogens (primary N) is 1. The molecule has 0 amide bonds. The van der Waals surface area contributed by atoms with Crippen LogP contribution >= 0.6 is 0 Å². The Kier molecular flexibility index (Phi) is 1.96. The average Bonchev–Trinajstić information content (AvgIpc) is 2.82. The van der Waals surface area contributed by atoms with E-state index in [1.165, 1.54) is 17.5 Å². The number of nitrogen functional groups attached to an aromatic ring is 1. The maximum Gasteiger partial charge on any atom is 0.201 e. The van der Waals surface area contributed by atoms with Crippen molar-refractivity contribution in [3.05, 3.63) is 23.8 Å². The molecule has 0 spiro atoms. The Bertz CT molecular complexity index is 541. The van der Waals surface area contributed by atoms with E-state index in [1.54, 1.807) is 0 Å². The van der Waals surface area contributed by atoms with Crippen molar-refractivity contribution >= 4 is 17.0 Å². The topological polar surface area (TPSA) is 43.8 Å². The highest BCUT2D eigenvalue weighted by Crippen LogP contribution is 2.40. The summed E-state index contributed by atoms with van der Waals surface area (Å²) in [6, 6.07) is 6.34. The third-order valence-corrected chi connectivity index (χ3v) is 3.63. The summed E-state index contributed by atoms with van der Waals surface area (Å²) in [5.74, 6) is 2.29. The number of benzene rings is 1. The van der Waals surface area contributed by atoms with Crippen LogP contribution < -0.4 is 5.73 Å². The van der Waals surface area contributed by atoms with Crippen molar-refractivity contribution in [2.75, 3.05) is 5.73 Å². The maximum atomic E-state index is 5.98. The minimum atomic E-state index is 0.653. The average molecular weight is 215 g/mol. The third kappa shape index (κ3) is 1.47. The molecule has 1 aliphatic carbocycles. The van der Waals surface area contributed by atoms with Gasteiger partial charge in [0.05, 0.1) is 11.0 Å². The first-order valence-corrected chi connectivity index (χ1v) is 5.87. The van der Waals surface area contributed by atoms with Crippen molar-refractivity contribution in [2.24, 2.45) is 11.8 Å². The fourth-order valence-electron chi connectivity index (χ4n) is 2.34. The number of hydrogen-bond donors (Lipinski definition) is 1. The molecule has 0 bridgehead atoms. The van der Waals surface area contributed by atoms with E-state index in [2.05, 4.69) is 41.6 Å². The zero-order valence-corrected chi connectivity index (χ0v) is 9.77. The fraction of sp³-hybridized carbons (Fsp3) is 0.462. The van der Waals surface area contributed by atoms with Crippen LogP contribution in [0.2, 0.25) is 0 Å². The highest BCUT2D eigenvalue weighted by atomic mass is 15.2. The minimum absolute atomic E-state index is 0.653. The Morgan fingerprint density at radius 3 is 2.94 bits per heavy atom. The van der Waals surface area contributed by atoms with Gasteiger partial charge >= 0.3 is 0 Å². The molecule has 16 heavy (non-hydrogen) atoms. The van der Waals surface area contributed by atoms with Crippen LogP contribution in [0, 0.1) is 18.8 Å². The number of imidazole rings is 1. The van der Waals surface area contributed by atoms with E-state index < -0.39 is 0 Å². The van der Waals surface area contributed by atoms with Crippen molar-refractivity contribution in [3.8, 4) is 0 Å². The summed E-state index contributed by atoms with van der Waals surface area (Å²) in [6.07, 6.45) is 1.32. The van der Waals surface area contributed by atoms with Gasteiger partial charge in [-0.05, 0) is 42.9 Å². The Hall–Kier alpha value is -1.51. The molecule has 1 saturated carbocycles. The number of fused-ring (bicyclic) bond motifs is 1. The first-order chi connectivity index (χ1) is 7.65. The number of aromatic nitrogens is 2. The molecule has 2 aromatic rings. The molecule has 2 atom stereocenters. The number of nitrogens with zero attached hydrogens (tertiary/aromatic N) is 2. The fourth-order valence-corrected chi connectivity index (χ4v) is 2.34. The highest BCUT2D eigenvalue weighted by Gasteiger charge is 2.33. The summed E-state index contributed by atoms with van der Waals surface area (Å²) in [5, 5.41) is 0. The van der Waals surface area contributed by atoms with Crippen LogP contribution in [0.3, 0.4) is 0 Å². The van der Waals surface area contributed by atoms with Gasteiger partial charge in [-0.2, -0.15) is 0 Å². The van der Waals surface area contributed by atoms with E-state index in [0.29, 0.717) is 5.95 Å². The monoisotopic (exact) mass is 215 g/mol. The molecule has 0 radical (unpaired) electrons. The molecule has 3 rings (SSSR count). The summed E-state index contributed by atoms with van der Waals surface area (Å²) < 4.78 is 2.16. The lowest BCUT2D eigenvalue weighted by Crippen LogP contribution is -2.05. The lowest BCUT2D eigenvalue weighted by molar-refractivity contribution is 0.613. The molecule has 2 unspecified atom stereocenters. The van der Waals surface area contributed by atoms with E-state index in [1.807, 2.05) is 0 Å². The SMILES string of the molecule is Cc1ccc2c(c1)nc(N)n2CC1CC1C. The molecule has 0 aliphatic heterocycles. The maximum absolute atomic E-state index is 5.98. The second-order valence-corrected chi connectivity index (χ2v) is 5.05. The lowest BCUT2D eigenvalue weighted by atomic mass is 10.2. The molecule has 2 N–H and O–H groups in total. The van der Waals surface area contributed by atoms with Crippen LogP contribution in [0.1, 0.15) is 18.9 Å². The molecule has 1 heterocycles. The van der Waals surface area contributed by atoms with Gasteiger partial charge in [-0.15, -0.1) is 0 Å². The van der Waals surface area contributed by atoms with Crippen molar-refractivity contribution in [3.63, 3.8) is 0 Å². The molecule has 0 saturated heterocycles. The van der Waals surface area contributed by atoms with Gasteiger partial charge in [0.15, 0.2) is 0 Å². The third-order valence-electron chi connectivity index (χ3n) is 3.63. The smallest absolute Gasteiger partial charge is 0.201 e. The molecular formula is C13H17N3. The van der Waals surface area contributed by atoms with Gasteiger partial charge in [0.25, 0.3) is 0 Å². The van der Waals surface area contributed by atoms with Gasteiger partial charge in [0.1, 0.15) is 0 Å². The van der Waals surface area contributed by atoms with Crippen LogP contribution in [-0.2, 0) is 6.54 Å². The number of anilines is 1. The van der Waals surface area contributed by atoms with Crippen LogP contribution in [0.25, 0.3) is 11.0 Å². The first-order valence-electron chi connectivity index (χ1n) is 5.87. The van der Waals surface area contributed by atoms with Gasteiger partial charge in [0, 0.05) is 6.54 Å². The quantitative estimate of drug-likeness (QED) is 0.836. The van der Waals surface area contributed by atoms with Gasteiger partial charge in [-0.3, -0.25) is 0 Å². The van der Waals surface area contributed by atoms with Gasteiger partial charge in [0.2, 0.25) is 5.95 Å². The Morgan fingerprint density at radius 2 is 2.25 bits per heavy atom. The first kappa shape index (κ1) is 9.70. The summed E-state index contributed by atoms with van der Waals surface area (Å²) in [7, 11) is 0. The number of rotatable bonds is 2. The molecule has 1 aromatic carbocycles. The molecular weight excluding hydrogens is 198 g/mol. The zero-order valence-electron chi connectivity index (χ0n) is 9.77. The molecule has 84 valence electrons.